The zero-order valence-electron chi connectivity index (χ0n) is 27.7. The summed E-state index contributed by atoms with van der Waals surface area (Å²) in [5, 5.41) is 15.5. The molecule has 0 aliphatic carbocycles. The maximum absolute atomic E-state index is 2.39. The first-order chi connectivity index (χ1) is 25.3. The van der Waals surface area contributed by atoms with Crippen molar-refractivity contribution in [2.45, 2.75) is 0 Å². The zero-order chi connectivity index (χ0) is 33.5. The van der Waals surface area contributed by atoms with E-state index in [-0.39, 0.29) is 0 Å². The summed E-state index contributed by atoms with van der Waals surface area (Å²) in [5.41, 5.74) is 7.56. The summed E-state index contributed by atoms with van der Waals surface area (Å²) in [7, 11) is 0. The molecule has 0 radical (unpaired) electrons. The fraction of sp³-hybridized carbons (Fsp3) is 0. The minimum atomic E-state index is 1.23. The Hall–Kier alpha value is -6.28. The molecule has 0 saturated carbocycles. The molecule has 0 aliphatic heterocycles. The van der Waals surface area contributed by atoms with Gasteiger partial charge < -0.3 is 0 Å². The Morgan fingerprint density at radius 2 is 0.824 bits per heavy atom. The monoisotopic (exact) mass is 662 g/mol. The van der Waals surface area contributed by atoms with Crippen molar-refractivity contribution in [3.8, 4) is 33.4 Å². The van der Waals surface area contributed by atoms with E-state index in [1.54, 1.807) is 0 Å². The topological polar surface area (TPSA) is 0 Å². The fourth-order valence-corrected chi connectivity index (χ4v) is 9.70. The number of hydrogen-bond donors (Lipinski definition) is 0. The lowest BCUT2D eigenvalue weighted by Crippen LogP contribution is -1.91. The van der Waals surface area contributed by atoms with Crippen molar-refractivity contribution in [2.24, 2.45) is 0 Å². The lowest BCUT2D eigenvalue weighted by atomic mass is 9.84. The van der Waals surface area contributed by atoms with E-state index in [1.807, 2.05) is 11.3 Å². The van der Waals surface area contributed by atoms with Gasteiger partial charge in [-0.3, -0.25) is 0 Å². The summed E-state index contributed by atoms with van der Waals surface area (Å²) in [4.78, 5) is 0. The van der Waals surface area contributed by atoms with Crippen LogP contribution in [0.15, 0.2) is 182 Å². The smallest absolute Gasteiger partial charge is 0.0433 e. The molecule has 1 aromatic heterocycles. The molecule has 0 unspecified atom stereocenters. The van der Waals surface area contributed by atoms with Crippen LogP contribution in [-0.2, 0) is 0 Å². The van der Waals surface area contributed by atoms with E-state index in [1.165, 1.54) is 107 Å². The van der Waals surface area contributed by atoms with Gasteiger partial charge in [-0.15, -0.1) is 11.3 Å². The molecule has 0 fully saturated rings. The predicted octanol–water partition coefficient (Wildman–Crippen LogP) is 14.8. The fourth-order valence-electron chi connectivity index (χ4n) is 8.43. The Morgan fingerprint density at radius 3 is 1.55 bits per heavy atom. The third-order valence-electron chi connectivity index (χ3n) is 10.8. The van der Waals surface area contributed by atoms with Crippen LogP contribution in [0.1, 0.15) is 0 Å². The van der Waals surface area contributed by atoms with Crippen molar-refractivity contribution in [2.75, 3.05) is 0 Å². The standard InChI is InChI=1S/C50H30S/c1-3-13-38-32(10-1)12-9-19-40(38)49-43-17-7-5-15-41(43)48(42-16-6-8-18-44(42)49)34-22-20-31(21-23-34)35-24-25-36-29-46-45-27-26-33-11-2-4-14-39(33)50(45)51-47(46)30-37(36)28-35/h1-30H. The van der Waals surface area contributed by atoms with Gasteiger partial charge >= 0.3 is 0 Å². The van der Waals surface area contributed by atoms with Gasteiger partial charge in [0.25, 0.3) is 0 Å². The highest BCUT2D eigenvalue weighted by Crippen LogP contribution is 2.46. The minimum absolute atomic E-state index is 1.23. The molecule has 11 aromatic rings. The van der Waals surface area contributed by atoms with Crippen LogP contribution in [0.5, 0.6) is 0 Å². The van der Waals surface area contributed by atoms with Crippen molar-refractivity contribution in [3.63, 3.8) is 0 Å². The SMILES string of the molecule is c1ccc2c(-c3c4ccccc4c(-c4ccc(-c5ccc6cc7c(cc6c5)sc5c6ccccc6ccc75)cc4)c4ccccc34)cccc2c1. The maximum Gasteiger partial charge on any atom is 0.0433 e. The second-order valence-electron chi connectivity index (χ2n) is 13.6. The van der Waals surface area contributed by atoms with E-state index >= 15 is 0 Å². The van der Waals surface area contributed by atoms with Crippen molar-refractivity contribution < 1.29 is 0 Å². The van der Waals surface area contributed by atoms with E-state index in [0.717, 1.165) is 0 Å². The summed E-state index contributed by atoms with van der Waals surface area (Å²) in [6.07, 6.45) is 0. The van der Waals surface area contributed by atoms with Crippen molar-refractivity contribution in [1.82, 2.24) is 0 Å². The first-order valence-electron chi connectivity index (χ1n) is 17.6. The van der Waals surface area contributed by atoms with Gasteiger partial charge in [0.1, 0.15) is 0 Å². The largest absolute Gasteiger partial charge is 0.135 e. The molecule has 236 valence electrons. The van der Waals surface area contributed by atoms with Crippen LogP contribution in [0.25, 0.3) is 107 Å². The number of fused-ring (bicyclic) bond motifs is 9. The molecule has 51 heavy (non-hydrogen) atoms. The molecular weight excluding hydrogens is 633 g/mol. The third-order valence-corrected chi connectivity index (χ3v) is 12.0. The molecule has 0 atom stereocenters. The Morgan fingerprint density at radius 1 is 0.275 bits per heavy atom. The Bertz CT molecular complexity index is 3120. The molecule has 0 spiro atoms. The molecule has 11 rings (SSSR count). The van der Waals surface area contributed by atoms with Gasteiger partial charge in [0, 0.05) is 20.2 Å². The highest BCUT2D eigenvalue weighted by Gasteiger charge is 2.18. The minimum Gasteiger partial charge on any atom is -0.135 e. The van der Waals surface area contributed by atoms with Crippen molar-refractivity contribution >= 4 is 85.4 Å². The first kappa shape index (κ1) is 28.5. The maximum atomic E-state index is 2.39. The highest BCUT2D eigenvalue weighted by atomic mass is 32.1. The molecule has 0 nitrogen and oxygen atoms in total. The van der Waals surface area contributed by atoms with Crippen LogP contribution in [0.2, 0.25) is 0 Å². The molecule has 0 amide bonds. The number of hydrogen-bond acceptors (Lipinski definition) is 1. The molecule has 10 aromatic carbocycles. The summed E-state index contributed by atoms with van der Waals surface area (Å²) in [6, 6.07) is 67.4. The lowest BCUT2D eigenvalue weighted by molar-refractivity contribution is 1.63. The van der Waals surface area contributed by atoms with Gasteiger partial charge in [-0.25, -0.2) is 0 Å². The first-order valence-corrected chi connectivity index (χ1v) is 18.4. The predicted molar refractivity (Wildman–Crippen MR) is 223 cm³/mol. The number of rotatable bonds is 3. The molecule has 0 aliphatic rings. The summed E-state index contributed by atoms with van der Waals surface area (Å²) in [5.74, 6) is 0. The average molecular weight is 663 g/mol. The summed E-state index contributed by atoms with van der Waals surface area (Å²) in [6.45, 7) is 0. The molecule has 0 bridgehead atoms. The van der Waals surface area contributed by atoms with Gasteiger partial charge in [0.05, 0.1) is 0 Å². The second kappa shape index (κ2) is 11.1. The molecular formula is C50H30S. The highest BCUT2D eigenvalue weighted by molar-refractivity contribution is 7.26. The third kappa shape index (κ3) is 4.39. The second-order valence-corrected chi connectivity index (χ2v) is 14.7. The average Bonchev–Trinajstić information content (AvgIpc) is 3.56. The quantitative estimate of drug-likeness (QED) is 0.165. The normalized spacial score (nSPS) is 11.9. The van der Waals surface area contributed by atoms with Gasteiger partial charge in [-0.05, 0) is 105 Å². The van der Waals surface area contributed by atoms with Crippen molar-refractivity contribution in [1.29, 1.82) is 0 Å². The van der Waals surface area contributed by atoms with Crippen LogP contribution in [0.4, 0.5) is 0 Å². The van der Waals surface area contributed by atoms with Crippen LogP contribution < -0.4 is 0 Å². The van der Waals surface area contributed by atoms with Crippen LogP contribution >= 0.6 is 11.3 Å². The Labute approximate surface area is 299 Å². The van der Waals surface area contributed by atoms with Crippen molar-refractivity contribution in [3.05, 3.63) is 182 Å². The van der Waals surface area contributed by atoms with E-state index in [2.05, 4.69) is 182 Å². The summed E-state index contributed by atoms with van der Waals surface area (Å²) < 4.78 is 2.71. The van der Waals surface area contributed by atoms with E-state index < -0.39 is 0 Å². The number of benzene rings is 10. The molecule has 1 heterocycles. The van der Waals surface area contributed by atoms with Gasteiger partial charge in [0.2, 0.25) is 0 Å². The lowest BCUT2D eigenvalue weighted by Gasteiger charge is -2.19. The zero-order valence-corrected chi connectivity index (χ0v) is 28.5. The van der Waals surface area contributed by atoms with Gasteiger partial charge in [-0.1, -0.05) is 164 Å². The van der Waals surface area contributed by atoms with E-state index in [0.29, 0.717) is 0 Å². The summed E-state index contributed by atoms with van der Waals surface area (Å²) >= 11 is 1.91. The van der Waals surface area contributed by atoms with Crippen LogP contribution in [-0.4, -0.2) is 0 Å². The molecule has 0 saturated heterocycles. The Balaban J connectivity index is 1.05. The van der Waals surface area contributed by atoms with Gasteiger partial charge in [0.15, 0.2) is 0 Å². The molecule has 0 N–H and O–H groups in total. The number of thiophene rings is 1. The van der Waals surface area contributed by atoms with Crippen LogP contribution in [0, 0.1) is 0 Å². The molecule has 1 heteroatoms. The Kier molecular flexibility index (Phi) is 6.22. The van der Waals surface area contributed by atoms with Gasteiger partial charge in [-0.2, -0.15) is 0 Å². The van der Waals surface area contributed by atoms with E-state index in [4.69, 9.17) is 0 Å². The van der Waals surface area contributed by atoms with E-state index in [9.17, 15) is 0 Å². The van der Waals surface area contributed by atoms with Crippen LogP contribution in [0.3, 0.4) is 0 Å².